The zero-order valence-corrected chi connectivity index (χ0v) is 9.58. The molecule has 1 aliphatic rings. The van der Waals surface area contributed by atoms with Gasteiger partial charge in [-0.1, -0.05) is 12.2 Å². The lowest BCUT2D eigenvalue weighted by Crippen LogP contribution is -2.47. The van der Waals surface area contributed by atoms with Crippen LogP contribution in [-0.2, 0) is 11.1 Å². The minimum absolute atomic E-state index is 0.229. The maximum Gasteiger partial charge on any atom is 0.167 e. The van der Waals surface area contributed by atoms with E-state index in [0.29, 0.717) is 4.32 Å². The normalized spacial score (nSPS) is 21.5. The molecule has 0 radical (unpaired) electrons. The molecule has 1 fully saturated rings. The lowest BCUT2D eigenvalue weighted by Gasteiger charge is -2.34. The molecule has 1 rings (SSSR count). The molecule has 1 aliphatic heterocycles. The van der Waals surface area contributed by atoms with Crippen molar-refractivity contribution in [1.82, 2.24) is 9.80 Å². The summed E-state index contributed by atoms with van der Waals surface area (Å²) in [4.78, 5) is 3.92. The van der Waals surface area contributed by atoms with Gasteiger partial charge in [0.15, 0.2) is 11.1 Å². The van der Waals surface area contributed by atoms with Crippen LogP contribution in [0.2, 0.25) is 0 Å². The third-order valence-electron chi connectivity index (χ3n) is 1.94. The second kappa shape index (κ2) is 5.26. The molecule has 0 aromatic carbocycles. The monoisotopic (exact) mass is 240 g/mol. The summed E-state index contributed by atoms with van der Waals surface area (Å²) in [5.41, 5.74) is 0. The molecule has 0 bridgehead atoms. The quantitative estimate of drug-likeness (QED) is 0.404. The van der Waals surface area contributed by atoms with Crippen molar-refractivity contribution in [2.45, 2.75) is 0 Å². The lowest BCUT2D eigenvalue weighted by molar-refractivity contribution is 0.208. The van der Waals surface area contributed by atoms with Gasteiger partial charge in [-0.15, -0.1) is 12.6 Å². The average molecular weight is 240 g/mol. The molecular formula is C6H12N2O2S3. The second-order valence-electron chi connectivity index (χ2n) is 2.84. The van der Waals surface area contributed by atoms with E-state index in [1.165, 1.54) is 0 Å². The van der Waals surface area contributed by atoms with Gasteiger partial charge in [0, 0.05) is 26.2 Å². The van der Waals surface area contributed by atoms with Gasteiger partial charge in [0.1, 0.15) is 10.2 Å². The van der Waals surface area contributed by atoms with Crippen molar-refractivity contribution in [3.63, 3.8) is 0 Å². The van der Waals surface area contributed by atoms with E-state index in [-0.39, 0.29) is 5.88 Å². The van der Waals surface area contributed by atoms with Gasteiger partial charge in [-0.3, -0.25) is 4.90 Å². The molecule has 4 nitrogen and oxygen atoms in total. The Hall–Kier alpha value is 0.310. The van der Waals surface area contributed by atoms with Crippen molar-refractivity contribution in [3.05, 3.63) is 0 Å². The molecule has 1 unspecified atom stereocenters. The fourth-order valence-corrected chi connectivity index (χ4v) is 2.18. The number of piperazine rings is 1. The Balaban J connectivity index is 2.30. The first kappa shape index (κ1) is 11.4. The Labute approximate surface area is 91.0 Å². The van der Waals surface area contributed by atoms with Crippen LogP contribution in [0.1, 0.15) is 0 Å². The number of nitrogens with zero attached hydrogens (tertiary/aromatic N) is 2. The molecule has 0 aromatic heterocycles. The van der Waals surface area contributed by atoms with Crippen molar-refractivity contribution in [2.24, 2.45) is 0 Å². The van der Waals surface area contributed by atoms with Crippen LogP contribution in [0.15, 0.2) is 0 Å². The molecule has 0 spiro atoms. The average Bonchev–Trinajstić information content (AvgIpc) is 2.04. The highest BCUT2D eigenvalue weighted by Crippen LogP contribution is 2.04. The van der Waals surface area contributed by atoms with Crippen LogP contribution in [0.5, 0.6) is 0 Å². The van der Waals surface area contributed by atoms with Gasteiger partial charge >= 0.3 is 0 Å². The molecule has 76 valence electrons. The van der Waals surface area contributed by atoms with E-state index in [1.807, 2.05) is 9.80 Å². The van der Waals surface area contributed by atoms with E-state index in [4.69, 9.17) is 16.8 Å². The van der Waals surface area contributed by atoms with E-state index in [9.17, 15) is 4.21 Å². The van der Waals surface area contributed by atoms with E-state index in [1.54, 1.807) is 0 Å². The summed E-state index contributed by atoms with van der Waals surface area (Å²) in [6, 6.07) is 0. The van der Waals surface area contributed by atoms with Crippen LogP contribution in [0.3, 0.4) is 0 Å². The predicted molar refractivity (Wildman–Crippen MR) is 60.4 cm³/mol. The Morgan fingerprint density at radius 1 is 1.46 bits per heavy atom. The molecule has 0 amide bonds. The summed E-state index contributed by atoms with van der Waals surface area (Å²) in [7, 11) is 0. The lowest BCUT2D eigenvalue weighted by atomic mass is 10.4. The fraction of sp³-hybridized carbons (Fsp3) is 0.833. The highest BCUT2D eigenvalue weighted by Gasteiger charge is 2.17. The Morgan fingerprint density at radius 3 is 2.38 bits per heavy atom. The van der Waals surface area contributed by atoms with Gasteiger partial charge in [0.05, 0.1) is 0 Å². The molecule has 1 heterocycles. The van der Waals surface area contributed by atoms with Gasteiger partial charge in [-0.25, -0.2) is 4.21 Å². The SMILES string of the molecule is O=S(O)CN1CCN(C(=S)S)CC1. The van der Waals surface area contributed by atoms with Crippen LogP contribution < -0.4 is 0 Å². The van der Waals surface area contributed by atoms with Gasteiger partial charge < -0.3 is 9.45 Å². The second-order valence-corrected chi connectivity index (χ2v) is 4.85. The number of rotatable bonds is 2. The summed E-state index contributed by atoms with van der Waals surface area (Å²) in [5.74, 6) is 0.229. The number of thiocarbonyl (C=S) groups is 1. The van der Waals surface area contributed by atoms with E-state index in [0.717, 1.165) is 26.2 Å². The number of thiol groups is 1. The first-order valence-corrected chi connectivity index (χ1v) is 6.00. The van der Waals surface area contributed by atoms with E-state index < -0.39 is 11.1 Å². The molecular weight excluding hydrogens is 228 g/mol. The maximum absolute atomic E-state index is 10.5. The van der Waals surface area contributed by atoms with Gasteiger partial charge in [0.2, 0.25) is 0 Å². The molecule has 7 heteroatoms. The zero-order chi connectivity index (χ0) is 9.84. The molecule has 1 N–H and O–H groups in total. The molecule has 13 heavy (non-hydrogen) atoms. The zero-order valence-electron chi connectivity index (χ0n) is 7.05. The Kier molecular flexibility index (Phi) is 4.60. The van der Waals surface area contributed by atoms with Gasteiger partial charge in [-0.05, 0) is 0 Å². The standard InChI is InChI=1S/C6H12N2O2S3/c9-13(10)5-7-1-3-8(4-2-7)6(11)12/h1-5H2,(H,9,10)(H,11,12). The van der Waals surface area contributed by atoms with Crippen LogP contribution in [0, 0.1) is 0 Å². The summed E-state index contributed by atoms with van der Waals surface area (Å²) >= 11 is 7.24. The third kappa shape index (κ3) is 3.90. The first-order valence-electron chi connectivity index (χ1n) is 3.87. The highest BCUT2D eigenvalue weighted by atomic mass is 32.2. The molecule has 0 saturated carbocycles. The Morgan fingerprint density at radius 2 is 2.00 bits per heavy atom. The van der Waals surface area contributed by atoms with Crippen LogP contribution in [0.4, 0.5) is 0 Å². The predicted octanol–water partition coefficient (Wildman–Crippen LogP) is -0.00210. The number of hydrogen-bond acceptors (Lipinski definition) is 3. The third-order valence-corrected chi connectivity index (χ3v) is 3.06. The largest absolute Gasteiger partial charge is 0.355 e. The fourth-order valence-electron chi connectivity index (χ4n) is 1.22. The van der Waals surface area contributed by atoms with Crippen molar-refractivity contribution in [2.75, 3.05) is 32.1 Å². The topological polar surface area (TPSA) is 43.8 Å². The molecule has 0 aliphatic carbocycles. The van der Waals surface area contributed by atoms with Crippen LogP contribution in [-0.4, -0.2) is 54.9 Å². The molecule has 0 aromatic rings. The number of hydrogen-bond donors (Lipinski definition) is 2. The van der Waals surface area contributed by atoms with E-state index >= 15 is 0 Å². The first-order chi connectivity index (χ1) is 6.09. The van der Waals surface area contributed by atoms with Crippen molar-refractivity contribution in [3.8, 4) is 0 Å². The summed E-state index contributed by atoms with van der Waals surface area (Å²) in [6.07, 6.45) is 0. The maximum atomic E-state index is 10.5. The molecule has 1 atom stereocenters. The Bertz CT molecular complexity index is 216. The van der Waals surface area contributed by atoms with E-state index in [2.05, 4.69) is 12.6 Å². The summed E-state index contributed by atoms with van der Waals surface area (Å²) in [5, 5.41) is 0. The smallest absolute Gasteiger partial charge is 0.167 e. The van der Waals surface area contributed by atoms with Crippen molar-refractivity contribution >= 4 is 40.2 Å². The summed E-state index contributed by atoms with van der Waals surface area (Å²) < 4.78 is 19.8. The van der Waals surface area contributed by atoms with Crippen molar-refractivity contribution in [1.29, 1.82) is 0 Å². The van der Waals surface area contributed by atoms with Gasteiger partial charge in [0.25, 0.3) is 0 Å². The minimum Gasteiger partial charge on any atom is -0.355 e. The summed E-state index contributed by atoms with van der Waals surface area (Å²) in [6.45, 7) is 3.12. The van der Waals surface area contributed by atoms with Crippen LogP contribution in [0.25, 0.3) is 0 Å². The molecule has 1 saturated heterocycles. The van der Waals surface area contributed by atoms with Crippen LogP contribution >= 0.6 is 24.8 Å². The van der Waals surface area contributed by atoms with Crippen molar-refractivity contribution < 1.29 is 8.76 Å². The highest BCUT2D eigenvalue weighted by molar-refractivity contribution is 8.10. The van der Waals surface area contributed by atoms with Gasteiger partial charge in [-0.2, -0.15) is 0 Å². The minimum atomic E-state index is -1.73.